The maximum atomic E-state index is 12.0. The number of rotatable bonds is 5. The second-order valence-corrected chi connectivity index (χ2v) is 6.51. The lowest BCUT2D eigenvalue weighted by atomic mass is 10.1. The number of nitrogens with one attached hydrogen (secondary N) is 1. The van der Waals surface area contributed by atoms with Crippen LogP contribution in [0, 0.1) is 10.1 Å². The fraction of sp³-hybridized carbons (Fsp3) is 0.417. The Kier molecular flexibility index (Phi) is 5.20. The number of nitrogens with zero attached hydrogens (tertiary/aromatic N) is 1. The highest BCUT2D eigenvalue weighted by atomic mass is 35.5. The van der Waals surface area contributed by atoms with Crippen LogP contribution in [0.4, 0.5) is 5.69 Å². The summed E-state index contributed by atoms with van der Waals surface area (Å²) in [4.78, 5) is 22.3. The molecule has 5 nitrogen and oxygen atoms in total. The highest BCUT2D eigenvalue weighted by Gasteiger charge is 2.23. The summed E-state index contributed by atoms with van der Waals surface area (Å²) in [6.07, 6.45) is 1.94. The van der Waals surface area contributed by atoms with Gasteiger partial charge in [0.15, 0.2) is 0 Å². The minimum absolute atomic E-state index is 0.0191. The third-order valence-electron chi connectivity index (χ3n) is 2.63. The van der Waals surface area contributed by atoms with Crippen LogP contribution in [0.3, 0.4) is 0 Å². The fourth-order valence-corrected chi connectivity index (χ4v) is 1.70. The summed E-state index contributed by atoms with van der Waals surface area (Å²) in [6.45, 7) is 4.37. The van der Waals surface area contributed by atoms with Gasteiger partial charge in [-0.05, 0) is 32.2 Å². The van der Waals surface area contributed by atoms with E-state index in [0.717, 1.165) is 0 Å². The van der Waals surface area contributed by atoms with E-state index in [1.54, 1.807) is 11.8 Å². The van der Waals surface area contributed by atoms with Crippen LogP contribution in [0.5, 0.6) is 0 Å². The summed E-state index contributed by atoms with van der Waals surface area (Å²) in [7, 11) is 0. The van der Waals surface area contributed by atoms with Crippen molar-refractivity contribution in [3.8, 4) is 0 Å². The molecule has 0 heterocycles. The molecule has 1 N–H and O–H groups in total. The van der Waals surface area contributed by atoms with E-state index in [1.807, 2.05) is 20.1 Å². The van der Waals surface area contributed by atoms with E-state index < -0.39 is 10.8 Å². The summed E-state index contributed by atoms with van der Waals surface area (Å²) in [5.41, 5.74) is -0.265. The van der Waals surface area contributed by atoms with Gasteiger partial charge in [-0.15, -0.1) is 0 Å². The van der Waals surface area contributed by atoms with Crippen molar-refractivity contribution in [1.82, 2.24) is 5.32 Å². The normalized spacial score (nSPS) is 11.2. The zero-order valence-corrected chi connectivity index (χ0v) is 12.5. The Morgan fingerprint density at radius 2 is 2.16 bits per heavy atom. The standard InChI is InChI=1S/C12H15ClN2O3S/c1-12(2,19-3)7-14-11(16)9-6-8(13)4-5-10(9)15(17)18/h4-6H,7H2,1-3H3,(H,14,16). The predicted molar refractivity (Wildman–Crippen MR) is 78.0 cm³/mol. The largest absolute Gasteiger partial charge is 0.350 e. The molecule has 0 saturated heterocycles. The minimum Gasteiger partial charge on any atom is -0.350 e. The van der Waals surface area contributed by atoms with Crippen molar-refractivity contribution in [2.45, 2.75) is 18.6 Å². The third-order valence-corrected chi connectivity index (χ3v) is 4.11. The molecule has 0 atom stereocenters. The van der Waals surface area contributed by atoms with Gasteiger partial charge in [0, 0.05) is 22.4 Å². The van der Waals surface area contributed by atoms with E-state index in [4.69, 9.17) is 11.6 Å². The Bertz CT molecular complexity index is 506. The molecule has 1 amide bonds. The molecule has 19 heavy (non-hydrogen) atoms. The number of hydrogen-bond acceptors (Lipinski definition) is 4. The Hall–Kier alpha value is -1.27. The van der Waals surface area contributed by atoms with Gasteiger partial charge in [0.25, 0.3) is 11.6 Å². The van der Waals surface area contributed by atoms with Gasteiger partial charge in [-0.1, -0.05) is 11.6 Å². The molecule has 0 radical (unpaired) electrons. The van der Waals surface area contributed by atoms with Crippen LogP contribution in [0.15, 0.2) is 18.2 Å². The quantitative estimate of drug-likeness (QED) is 0.670. The van der Waals surface area contributed by atoms with E-state index in [1.165, 1.54) is 18.2 Å². The molecule has 0 bridgehead atoms. The van der Waals surface area contributed by atoms with Crippen molar-refractivity contribution >= 4 is 35.0 Å². The van der Waals surface area contributed by atoms with Crippen LogP contribution in [-0.2, 0) is 0 Å². The van der Waals surface area contributed by atoms with Crippen LogP contribution in [0.1, 0.15) is 24.2 Å². The summed E-state index contributed by atoms with van der Waals surface area (Å²) in [6, 6.07) is 3.93. The Balaban J connectivity index is 2.93. The van der Waals surface area contributed by atoms with Gasteiger partial charge in [-0.25, -0.2) is 0 Å². The molecule has 7 heteroatoms. The lowest BCUT2D eigenvalue weighted by Crippen LogP contribution is -2.36. The number of amides is 1. The highest BCUT2D eigenvalue weighted by molar-refractivity contribution is 7.99. The molecule has 0 aliphatic carbocycles. The first-order valence-electron chi connectivity index (χ1n) is 5.54. The van der Waals surface area contributed by atoms with Crippen LogP contribution >= 0.6 is 23.4 Å². The first kappa shape index (κ1) is 15.8. The van der Waals surface area contributed by atoms with Crippen LogP contribution in [-0.4, -0.2) is 28.4 Å². The number of carbonyl (C=O) groups is 1. The molecule has 0 aromatic heterocycles. The second kappa shape index (κ2) is 6.25. The number of nitro groups is 1. The molecule has 0 fully saturated rings. The molecule has 1 rings (SSSR count). The molecule has 0 saturated carbocycles. The molecule has 0 aliphatic rings. The molecule has 0 unspecified atom stereocenters. The average molecular weight is 303 g/mol. The smallest absolute Gasteiger partial charge is 0.282 e. The number of nitro benzene ring substituents is 1. The molecule has 1 aromatic carbocycles. The zero-order chi connectivity index (χ0) is 14.6. The minimum atomic E-state index is -0.592. The van der Waals surface area contributed by atoms with Gasteiger partial charge in [-0.3, -0.25) is 14.9 Å². The van der Waals surface area contributed by atoms with E-state index >= 15 is 0 Å². The zero-order valence-electron chi connectivity index (χ0n) is 10.9. The SMILES string of the molecule is CSC(C)(C)CNC(=O)c1cc(Cl)ccc1[N+](=O)[O-]. The van der Waals surface area contributed by atoms with Crippen molar-refractivity contribution in [3.05, 3.63) is 38.9 Å². The highest BCUT2D eigenvalue weighted by Crippen LogP contribution is 2.24. The van der Waals surface area contributed by atoms with Gasteiger partial charge in [0.1, 0.15) is 5.56 Å². The molecular formula is C12H15ClN2O3S. The van der Waals surface area contributed by atoms with E-state index in [-0.39, 0.29) is 16.0 Å². The van der Waals surface area contributed by atoms with Gasteiger partial charge in [0.05, 0.1) is 4.92 Å². The Morgan fingerprint density at radius 1 is 1.53 bits per heavy atom. The van der Waals surface area contributed by atoms with Gasteiger partial charge in [-0.2, -0.15) is 11.8 Å². The number of carbonyl (C=O) groups excluding carboxylic acids is 1. The fourth-order valence-electron chi connectivity index (χ4n) is 1.31. The molecule has 1 aromatic rings. The lowest BCUT2D eigenvalue weighted by molar-refractivity contribution is -0.385. The first-order valence-corrected chi connectivity index (χ1v) is 7.14. The van der Waals surface area contributed by atoms with E-state index in [2.05, 4.69) is 5.32 Å². The summed E-state index contributed by atoms with van der Waals surface area (Å²) in [5.74, 6) is -0.490. The van der Waals surface area contributed by atoms with E-state index in [0.29, 0.717) is 11.6 Å². The monoisotopic (exact) mass is 302 g/mol. The molecule has 0 spiro atoms. The Labute approximate surface area is 120 Å². The summed E-state index contributed by atoms with van der Waals surface area (Å²) in [5, 5.41) is 13.9. The number of halogens is 1. The maximum absolute atomic E-state index is 12.0. The van der Waals surface area contributed by atoms with Crippen molar-refractivity contribution in [2.75, 3.05) is 12.8 Å². The predicted octanol–water partition coefficient (Wildman–Crippen LogP) is 3.12. The lowest BCUT2D eigenvalue weighted by Gasteiger charge is -2.22. The van der Waals surface area contributed by atoms with Crippen LogP contribution in [0.25, 0.3) is 0 Å². The van der Waals surface area contributed by atoms with Crippen molar-refractivity contribution < 1.29 is 9.72 Å². The van der Waals surface area contributed by atoms with Gasteiger partial charge in [0.2, 0.25) is 0 Å². The van der Waals surface area contributed by atoms with E-state index in [9.17, 15) is 14.9 Å². The van der Waals surface area contributed by atoms with Gasteiger partial charge >= 0.3 is 0 Å². The first-order chi connectivity index (χ1) is 8.76. The Morgan fingerprint density at radius 3 is 2.68 bits per heavy atom. The van der Waals surface area contributed by atoms with Crippen LogP contribution < -0.4 is 5.32 Å². The van der Waals surface area contributed by atoms with Gasteiger partial charge < -0.3 is 5.32 Å². The summed E-state index contributed by atoms with van der Waals surface area (Å²) >= 11 is 7.38. The topological polar surface area (TPSA) is 72.2 Å². The van der Waals surface area contributed by atoms with Crippen molar-refractivity contribution in [3.63, 3.8) is 0 Å². The third kappa shape index (κ3) is 4.40. The molecule has 104 valence electrons. The maximum Gasteiger partial charge on any atom is 0.282 e. The molecule has 0 aliphatic heterocycles. The number of hydrogen-bond donors (Lipinski definition) is 1. The average Bonchev–Trinajstić information content (AvgIpc) is 2.35. The van der Waals surface area contributed by atoms with Crippen molar-refractivity contribution in [2.24, 2.45) is 0 Å². The summed E-state index contributed by atoms with van der Waals surface area (Å²) < 4.78 is -0.136. The number of thioether (sulfide) groups is 1. The number of benzene rings is 1. The molecular weight excluding hydrogens is 288 g/mol. The second-order valence-electron chi connectivity index (χ2n) is 4.57. The van der Waals surface area contributed by atoms with Crippen molar-refractivity contribution in [1.29, 1.82) is 0 Å². The van der Waals surface area contributed by atoms with Crippen LogP contribution in [0.2, 0.25) is 5.02 Å².